The Morgan fingerprint density at radius 3 is 1.46 bits per heavy atom. The third kappa shape index (κ3) is 4.76. The smallest absolute Gasteiger partial charge is 0.151 e. The lowest BCUT2D eigenvalue weighted by Gasteiger charge is -2.45. The fourth-order valence-electron chi connectivity index (χ4n) is 8.00. The van der Waals surface area contributed by atoms with Gasteiger partial charge in [0.05, 0.1) is 22.8 Å². The average molecular weight is 647 g/mol. The molecule has 0 N–H and O–H groups in total. The molecule has 0 atom stereocenters. The normalized spacial score (nSPS) is 14.8. The van der Waals surface area contributed by atoms with Gasteiger partial charge in [0.15, 0.2) is 11.5 Å². The van der Waals surface area contributed by atoms with Crippen LogP contribution < -0.4 is 9.64 Å². The van der Waals surface area contributed by atoms with Crippen molar-refractivity contribution >= 4 is 17.1 Å². The number of hydrogen-bond acceptors (Lipinski definition) is 3. The minimum atomic E-state index is -0.220. The van der Waals surface area contributed by atoms with Crippen molar-refractivity contribution in [3.63, 3.8) is 0 Å². The van der Waals surface area contributed by atoms with Crippen LogP contribution >= 0.6 is 0 Å². The Kier molecular flexibility index (Phi) is 6.82. The molecule has 50 heavy (non-hydrogen) atoms. The molecule has 6 aromatic carbocycles. The second-order valence-electron chi connectivity index (χ2n) is 14.5. The predicted octanol–water partition coefficient (Wildman–Crippen LogP) is 12.6. The fraction of sp³-hybridized carbons (Fsp3) is 0.128. The topological polar surface area (TPSA) is 25.4 Å². The van der Waals surface area contributed by atoms with Gasteiger partial charge in [-0.2, -0.15) is 0 Å². The molecule has 9 rings (SSSR count). The van der Waals surface area contributed by atoms with Gasteiger partial charge >= 0.3 is 0 Å². The molecule has 242 valence electrons. The molecular formula is C47H38N2O. The Labute approximate surface area is 294 Å². The van der Waals surface area contributed by atoms with Gasteiger partial charge in [0, 0.05) is 27.6 Å². The summed E-state index contributed by atoms with van der Waals surface area (Å²) in [5.41, 5.74) is 14.8. The summed E-state index contributed by atoms with van der Waals surface area (Å²) in [5.74, 6) is 1.73. The molecule has 0 fully saturated rings. The zero-order chi connectivity index (χ0) is 34.0. The zero-order valence-corrected chi connectivity index (χ0v) is 28.8. The number of hydrogen-bond donors (Lipinski definition) is 0. The van der Waals surface area contributed by atoms with Crippen LogP contribution in [0.15, 0.2) is 158 Å². The minimum Gasteiger partial charge on any atom is -0.453 e. The summed E-state index contributed by atoms with van der Waals surface area (Å²) in [6.07, 6.45) is 0. The molecule has 2 aliphatic rings. The molecule has 0 amide bonds. The molecule has 0 saturated carbocycles. The Hall–Kier alpha value is -5.93. The number of ether oxygens (including phenoxy) is 1. The third-order valence-corrected chi connectivity index (χ3v) is 10.7. The van der Waals surface area contributed by atoms with Crippen LogP contribution in [-0.2, 0) is 10.8 Å². The van der Waals surface area contributed by atoms with Crippen LogP contribution in [0.5, 0.6) is 11.5 Å². The first-order valence-electron chi connectivity index (χ1n) is 17.4. The molecule has 1 aliphatic carbocycles. The molecule has 3 heteroatoms. The molecule has 0 unspecified atom stereocenters. The van der Waals surface area contributed by atoms with Gasteiger partial charge in [-0.25, -0.2) is 4.98 Å². The fourth-order valence-corrected chi connectivity index (χ4v) is 8.00. The number of para-hydroxylation sites is 4. The quantitative estimate of drug-likeness (QED) is 0.190. The highest BCUT2D eigenvalue weighted by Crippen LogP contribution is 2.54. The van der Waals surface area contributed by atoms with Crippen molar-refractivity contribution in [1.29, 1.82) is 0 Å². The maximum absolute atomic E-state index is 6.33. The van der Waals surface area contributed by atoms with Crippen molar-refractivity contribution < 1.29 is 4.74 Å². The Morgan fingerprint density at radius 2 is 0.900 bits per heavy atom. The molecule has 2 heterocycles. The van der Waals surface area contributed by atoms with Gasteiger partial charge in [-0.1, -0.05) is 131 Å². The van der Waals surface area contributed by atoms with Gasteiger partial charge in [0.2, 0.25) is 0 Å². The van der Waals surface area contributed by atoms with Gasteiger partial charge in [-0.15, -0.1) is 0 Å². The van der Waals surface area contributed by atoms with Gasteiger partial charge < -0.3 is 9.64 Å². The average Bonchev–Trinajstić information content (AvgIpc) is 3.16. The van der Waals surface area contributed by atoms with Crippen molar-refractivity contribution in [2.45, 2.75) is 38.5 Å². The first-order chi connectivity index (χ1) is 24.3. The zero-order valence-electron chi connectivity index (χ0n) is 28.8. The highest BCUT2D eigenvalue weighted by Gasteiger charge is 2.42. The highest BCUT2D eigenvalue weighted by molar-refractivity contribution is 5.87. The monoisotopic (exact) mass is 646 g/mol. The number of fused-ring (bicyclic) bond motifs is 4. The van der Waals surface area contributed by atoms with Gasteiger partial charge in [-0.3, -0.25) is 0 Å². The lowest BCUT2D eigenvalue weighted by Crippen LogP contribution is -2.36. The van der Waals surface area contributed by atoms with E-state index in [1.807, 2.05) is 24.3 Å². The lowest BCUT2D eigenvalue weighted by atomic mass is 9.59. The van der Waals surface area contributed by atoms with Crippen molar-refractivity contribution in [2.75, 3.05) is 4.90 Å². The second-order valence-corrected chi connectivity index (χ2v) is 14.5. The van der Waals surface area contributed by atoms with Crippen LogP contribution in [-0.4, -0.2) is 4.98 Å². The summed E-state index contributed by atoms with van der Waals surface area (Å²) >= 11 is 0. The van der Waals surface area contributed by atoms with Crippen molar-refractivity contribution in [3.05, 3.63) is 180 Å². The molecule has 0 spiro atoms. The maximum Gasteiger partial charge on any atom is 0.151 e. The van der Waals surface area contributed by atoms with Crippen LogP contribution in [0.4, 0.5) is 17.1 Å². The lowest BCUT2D eigenvalue weighted by molar-refractivity contribution is 0.477. The van der Waals surface area contributed by atoms with Crippen molar-refractivity contribution in [2.24, 2.45) is 0 Å². The summed E-state index contributed by atoms with van der Waals surface area (Å²) < 4.78 is 6.33. The number of aromatic nitrogens is 1. The number of benzene rings is 6. The number of nitrogens with zero attached hydrogens (tertiary/aromatic N) is 2. The third-order valence-electron chi connectivity index (χ3n) is 10.7. The molecule has 3 nitrogen and oxygen atoms in total. The van der Waals surface area contributed by atoms with Crippen molar-refractivity contribution in [3.8, 4) is 45.1 Å². The summed E-state index contributed by atoms with van der Waals surface area (Å²) in [4.78, 5) is 7.47. The van der Waals surface area contributed by atoms with E-state index in [1.54, 1.807) is 0 Å². The van der Waals surface area contributed by atoms with Crippen molar-refractivity contribution in [1.82, 2.24) is 4.98 Å². The molecule has 0 saturated heterocycles. The number of anilines is 3. The highest BCUT2D eigenvalue weighted by atomic mass is 16.5. The van der Waals surface area contributed by atoms with Gasteiger partial charge in [0.1, 0.15) is 0 Å². The van der Waals surface area contributed by atoms with Crippen LogP contribution in [0.25, 0.3) is 33.6 Å². The van der Waals surface area contributed by atoms with E-state index < -0.39 is 0 Å². The molecular weight excluding hydrogens is 609 g/mol. The predicted molar refractivity (Wildman–Crippen MR) is 206 cm³/mol. The molecule has 0 radical (unpaired) electrons. The van der Waals surface area contributed by atoms with E-state index in [-0.39, 0.29) is 10.8 Å². The first kappa shape index (κ1) is 30.2. The van der Waals surface area contributed by atoms with E-state index in [0.29, 0.717) is 0 Å². The van der Waals surface area contributed by atoms with Crippen LogP contribution in [0.2, 0.25) is 0 Å². The second kappa shape index (κ2) is 11.3. The number of rotatable bonds is 4. The first-order valence-corrected chi connectivity index (χ1v) is 17.4. The largest absolute Gasteiger partial charge is 0.453 e. The Balaban J connectivity index is 1.17. The summed E-state index contributed by atoms with van der Waals surface area (Å²) in [5, 5.41) is 0. The SMILES string of the molecule is CC1(C)c2ccc(N3c4ccccc4Oc4ccccc43)cc2C(C)(C)c2ccc(-c3cc(-c4ccccc4)nc(-c4ccccc4)c3)cc21. The Bertz CT molecular complexity index is 2310. The van der Waals surface area contributed by atoms with E-state index in [4.69, 9.17) is 9.72 Å². The summed E-state index contributed by atoms with van der Waals surface area (Å²) in [7, 11) is 0. The molecule has 0 bridgehead atoms. The number of pyridine rings is 1. The molecule has 1 aliphatic heterocycles. The van der Waals surface area contributed by atoms with E-state index >= 15 is 0 Å². The Morgan fingerprint density at radius 1 is 0.420 bits per heavy atom. The minimum absolute atomic E-state index is 0.215. The van der Waals surface area contributed by atoms with Crippen LogP contribution in [0.3, 0.4) is 0 Å². The molecule has 7 aromatic rings. The van der Waals surface area contributed by atoms with Gasteiger partial charge in [-0.05, 0) is 88.0 Å². The van der Waals surface area contributed by atoms with E-state index in [0.717, 1.165) is 51.1 Å². The van der Waals surface area contributed by atoms with Crippen LogP contribution in [0.1, 0.15) is 49.9 Å². The standard InChI is InChI=1S/C47H38N2O/c1-46(2)37-26-24-35(49-42-19-11-13-21-44(42)50-45-22-14-12-20-43(45)49)30-39(37)47(3,4)36-25-23-33(27-38(36)46)34-28-40(31-15-7-5-8-16-31)48-41(29-34)32-17-9-6-10-18-32/h5-30H,1-4H3. The van der Waals surface area contributed by atoms with E-state index in [2.05, 4.69) is 166 Å². The molecule has 1 aromatic heterocycles. The van der Waals surface area contributed by atoms with E-state index in [9.17, 15) is 0 Å². The summed E-state index contributed by atoms with van der Waals surface area (Å²) in [6.45, 7) is 9.50. The van der Waals surface area contributed by atoms with Gasteiger partial charge in [0.25, 0.3) is 0 Å². The summed E-state index contributed by atoms with van der Waals surface area (Å²) in [6, 6.07) is 56.2. The van der Waals surface area contributed by atoms with Crippen LogP contribution in [0, 0.1) is 0 Å². The maximum atomic E-state index is 6.33. The van der Waals surface area contributed by atoms with E-state index in [1.165, 1.54) is 33.4 Å².